The van der Waals surface area contributed by atoms with E-state index >= 15 is 0 Å². The van der Waals surface area contributed by atoms with E-state index in [1.807, 2.05) is 31.1 Å². The predicted molar refractivity (Wildman–Crippen MR) is 145 cm³/mol. The Morgan fingerprint density at radius 3 is 2.82 bits per heavy atom. The minimum atomic E-state index is -0.394. The molecule has 0 saturated carbocycles. The molecule has 3 aromatic rings. The molecule has 13 heteroatoms. The summed E-state index contributed by atoms with van der Waals surface area (Å²) < 4.78 is 11.4. The Balaban J connectivity index is 1.60. The Labute approximate surface area is 224 Å². The lowest BCUT2D eigenvalue weighted by atomic mass is 10.2. The van der Waals surface area contributed by atoms with Crippen LogP contribution in [0.5, 0.6) is 11.5 Å². The van der Waals surface area contributed by atoms with Crippen LogP contribution in [0.3, 0.4) is 0 Å². The van der Waals surface area contributed by atoms with Crippen LogP contribution in [0.4, 0.5) is 34.5 Å². The predicted octanol–water partition coefficient (Wildman–Crippen LogP) is 4.33. The number of nitrogens with one attached hydrogen (secondary N) is 3. The maximum absolute atomic E-state index is 12.1. The molecule has 0 bridgehead atoms. The lowest BCUT2D eigenvalue weighted by Gasteiger charge is -2.18. The Morgan fingerprint density at radius 1 is 1.26 bits per heavy atom. The van der Waals surface area contributed by atoms with Crippen molar-refractivity contribution < 1.29 is 24.3 Å². The standard InChI is InChI=1S/C25H28ClN7O5/c1-5-23(34)29-19-11-18(21(36-4)12-22(19)37-9-8-32(2)3)30-25-27-13-17(26)24(31-25)28-16-7-6-15-14-38-33(35)20(15)10-16/h5-7,10-13,35H,1,8-9,14H2,2-4H3,(H,29,34)(H2,27,28,30,31). The molecule has 2 aromatic carbocycles. The molecule has 1 aliphatic heterocycles. The summed E-state index contributed by atoms with van der Waals surface area (Å²) in [5, 5.41) is 19.8. The summed E-state index contributed by atoms with van der Waals surface area (Å²) in [7, 11) is 5.39. The number of amides is 1. The minimum Gasteiger partial charge on any atom is -0.494 e. The third kappa shape index (κ3) is 6.42. The van der Waals surface area contributed by atoms with Crippen LogP contribution in [0, 0.1) is 0 Å². The SMILES string of the molecule is C=CC(=O)Nc1cc(Nc2ncc(Cl)c(Nc3ccc4c(c3)N(O)OC4)n2)c(OC)cc1OCCN(C)C. The summed E-state index contributed by atoms with van der Waals surface area (Å²) in [4.78, 5) is 27.9. The first-order chi connectivity index (χ1) is 18.3. The van der Waals surface area contributed by atoms with Crippen molar-refractivity contribution in [1.82, 2.24) is 14.9 Å². The molecule has 0 aliphatic carbocycles. The second kappa shape index (κ2) is 12.0. The normalized spacial score (nSPS) is 12.2. The van der Waals surface area contributed by atoms with Crippen molar-refractivity contribution in [2.45, 2.75) is 6.61 Å². The van der Waals surface area contributed by atoms with E-state index < -0.39 is 5.91 Å². The zero-order chi connectivity index (χ0) is 27.2. The summed E-state index contributed by atoms with van der Waals surface area (Å²) in [5.41, 5.74) is 2.88. The van der Waals surface area contributed by atoms with Gasteiger partial charge >= 0.3 is 0 Å². The Kier molecular flexibility index (Phi) is 8.48. The number of ether oxygens (including phenoxy) is 2. The Morgan fingerprint density at radius 2 is 2.08 bits per heavy atom. The van der Waals surface area contributed by atoms with Crippen molar-refractivity contribution in [3.05, 3.63) is 59.8 Å². The summed E-state index contributed by atoms with van der Waals surface area (Å²) in [6.45, 7) is 4.87. The lowest BCUT2D eigenvalue weighted by molar-refractivity contribution is -0.111. The summed E-state index contributed by atoms with van der Waals surface area (Å²) in [5.74, 6) is 1.02. The average molecular weight is 542 g/mol. The molecule has 0 fully saturated rings. The average Bonchev–Trinajstić information content (AvgIpc) is 3.26. The highest BCUT2D eigenvalue weighted by Crippen LogP contribution is 2.38. The van der Waals surface area contributed by atoms with Crippen LogP contribution < -0.4 is 30.7 Å². The highest BCUT2D eigenvalue weighted by Gasteiger charge is 2.20. The number of rotatable bonds is 11. The number of carbonyl (C=O) groups is 1. The molecule has 38 heavy (non-hydrogen) atoms. The molecule has 12 nitrogen and oxygen atoms in total. The number of aromatic nitrogens is 2. The van der Waals surface area contributed by atoms with Gasteiger partial charge in [-0.1, -0.05) is 24.2 Å². The van der Waals surface area contributed by atoms with E-state index in [2.05, 4.69) is 32.5 Å². The van der Waals surface area contributed by atoms with Gasteiger partial charge in [-0.3, -0.25) is 10.0 Å². The number of nitrogens with zero attached hydrogens (tertiary/aromatic N) is 4. The number of hydrogen-bond donors (Lipinski definition) is 4. The highest BCUT2D eigenvalue weighted by molar-refractivity contribution is 6.32. The molecular weight excluding hydrogens is 514 g/mol. The number of methoxy groups -OCH3 is 1. The highest BCUT2D eigenvalue weighted by atomic mass is 35.5. The largest absolute Gasteiger partial charge is 0.494 e. The van der Waals surface area contributed by atoms with Crippen molar-refractivity contribution in [2.24, 2.45) is 0 Å². The van der Waals surface area contributed by atoms with Gasteiger partial charge in [0.15, 0.2) is 5.82 Å². The van der Waals surface area contributed by atoms with E-state index in [9.17, 15) is 10.0 Å². The monoisotopic (exact) mass is 541 g/mol. The number of likely N-dealkylation sites (N-methyl/N-ethyl adjacent to an activating group) is 1. The number of hydrogen-bond acceptors (Lipinski definition) is 11. The van der Waals surface area contributed by atoms with Crippen molar-refractivity contribution >= 4 is 52.0 Å². The zero-order valence-corrected chi connectivity index (χ0v) is 21.9. The van der Waals surface area contributed by atoms with E-state index in [0.29, 0.717) is 53.2 Å². The van der Waals surface area contributed by atoms with Crippen molar-refractivity contribution in [3.63, 3.8) is 0 Å². The first-order valence-electron chi connectivity index (χ1n) is 11.5. The molecule has 0 atom stereocenters. The smallest absolute Gasteiger partial charge is 0.247 e. The first-order valence-corrected chi connectivity index (χ1v) is 11.9. The fourth-order valence-electron chi connectivity index (χ4n) is 3.48. The number of carbonyl (C=O) groups excluding carboxylic acids is 1. The molecule has 1 aromatic heterocycles. The van der Waals surface area contributed by atoms with Gasteiger partial charge in [0.05, 0.1) is 24.7 Å². The van der Waals surface area contributed by atoms with E-state index in [4.69, 9.17) is 25.9 Å². The van der Waals surface area contributed by atoms with Crippen molar-refractivity contribution in [1.29, 1.82) is 0 Å². The quantitative estimate of drug-likeness (QED) is 0.258. The summed E-state index contributed by atoms with van der Waals surface area (Å²) in [6, 6.07) is 8.68. The number of benzene rings is 2. The van der Waals surface area contributed by atoms with Gasteiger partial charge in [0, 0.05) is 23.9 Å². The number of halogens is 1. The second-order valence-corrected chi connectivity index (χ2v) is 8.83. The molecule has 1 aliphatic rings. The third-order valence-electron chi connectivity index (χ3n) is 5.43. The third-order valence-corrected chi connectivity index (χ3v) is 5.70. The van der Waals surface area contributed by atoms with Gasteiger partial charge in [0.25, 0.3) is 0 Å². The van der Waals surface area contributed by atoms with E-state index in [-0.39, 0.29) is 17.6 Å². The van der Waals surface area contributed by atoms with Gasteiger partial charge in [-0.25, -0.2) is 9.82 Å². The maximum Gasteiger partial charge on any atom is 0.247 e. The zero-order valence-electron chi connectivity index (χ0n) is 21.1. The van der Waals surface area contributed by atoms with E-state index in [0.717, 1.165) is 10.8 Å². The summed E-state index contributed by atoms with van der Waals surface area (Å²) in [6.07, 6.45) is 2.61. The van der Waals surface area contributed by atoms with Crippen LogP contribution in [0.15, 0.2) is 49.2 Å². The van der Waals surface area contributed by atoms with Crippen LogP contribution in [-0.4, -0.2) is 60.3 Å². The Bertz CT molecular complexity index is 1340. The number of anilines is 6. The van der Waals surface area contributed by atoms with Crippen LogP contribution in [0.1, 0.15) is 5.56 Å². The fourth-order valence-corrected chi connectivity index (χ4v) is 3.62. The van der Waals surface area contributed by atoms with Crippen LogP contribution >= 0.6 is 11.6 Å². The van der Waals surface area contributed by atoms with Gasteiger partial charge in [-0.05, 0) is 38.4 Å². The van der Waals surface area contributed by atoms with Crippen molar-refractivity contribution in [3.8, 4) is 11.5 Å². The molecule has 0 saturated heterocycles. The fraction of sp³-hybridized carbons (Fsp3) is 0.240. The maximum atomic E-state index is 12.1. The molecule has 4 N–H and O–H groups in total. The first kappa shape index (κ1) is 26.9. The van der Waals surface area contributed by atoms with Gasteiger partial charge in [-0.15, -0.1) is 5.23 Å². The van der Waals surface area contributed by atoms with Gasteiger partial charge < -0.3 is 30.3 Å². The molecular formula is C25H28ClN7O5. The molecule has 200 valence electrons. The van der Waals surface area contributed by atoms with Gasteiger partial charge in [-0.2, -0.15) is 4.98 Å². The van der Waals surface area contributed by atoms with E-state index in [1.165, 1.54) is 19.4 Å². The molecule has 0 unspecified atom stereocenters. The Hall–Kier alpha value is -4.10. The lowest BCUT2D eigenvalue weighted by Crippen LogP contribution is -2.20. The molecule has 4 rings (SSSR count). The van der Waals surface area contributed by atoms with Gasteiger partial charge in [0.1, 0.15) is 35.4 Å². The molecule has 0 spiro atoms. The van der Waals surface area contributed by atoms with Crippen LogP contribution in [0.2, 0.25) is 5.02 Å². The molecule has 2 heterocycles. The van der Waals surface area contributed by atoms with Gasteiger partial charge in [0.2, 0.25) is 11.9 Å². The molecule has 1 amide bonds. The van der Waals surface area contributed by atoms with Crippen molar-refractivity contribution in [2.75, 3.05) is 55.5 Å². The number of fused-ring (bicyclic) bond motifs is 1. The molecule has 0 radical (unpaired) electrons. The topological polar surface area (TPSA) is 133 Å². The van der Waals surface area contributed by atoms with E-state index in [1.54, 1.807) is 18.2 Å². The second-order valence-electron chi connectivity index (χ2n) is 8.42. The minimum absolute atomic E-state index is 0.214. The van der Waals surface area contributed by atoms with Crippen LogP contribution in [-0.2, 0) is 16.2 Å². The van der Waals surface area contributed by atoms with Crippen LogP contribution in [0.25, 0.3) is 0 Å². The summed E-state index contributed by atoms with van der Waals surface area (Å²) >= 11 is 6.34.